The predicted octanol–water partition coefficient (Wildman–Crippen LogP) is 4.57. The van der Waals surface area contributed by atoms with Gasteiger partial charge in [-0.05, 0) is 48.1 Å². The van der Waals surface area contributed by atoms with E-state index >= 15 is 0 Å². The number of nitrogens with one attached hydrogen (secondary N) is 2. The van der Waals surface area contributed by atoms with Crippen LogP contribution in [-0.4, -0.2) is 12.5 Å². The van der Waals surface area contributed by atoms with E-state index < -0.39 is 0 Å². The third-order valence-electron chi connectivity index (χ3n) is 3.67. The van der Waals surface area contributed by atoms with Gasteiger partial charge in [0.05, 0.1) is 4.88 Å². The fourth-order valence-electron chi connectivity index (χ4n) is 2.61. The van der Waals surface area contributed by atoms with E-state index in [1.807, 2.05) is 18.2 Å². The highest BCUT2D eigenvalue weighted by atomic mass is 32.1. The van der Waals surface area contributed by atoms with Crippen LogP contribution >= 0.6 is 22.7 Å². The molecule has 3 nitrogen and oxygen atoms in total. The van der Waals surface area contributed by atoms with Gasteiger partial charge in [0.1, 0.15) is 0 Å². The summed E-state index contributed by atoms with van der Waals surface area (Å²) >= 11 is 3.21. The van der Waals surface area contributed by atoms with E-state index in [-0.39, 0.29) is 5.91 Å². The first-order valence-corrected chi connectivity index (χ1v) is 8.64. The SMILES string of the molecule is O=C(Nc1ccc2c(c1)NCCC2)c1cc2sccc2s1. The molecule has 4 rings (SSSR count). The van der Waals surface area contributed by atoms with Crippen molar-refractivity contribution in [2.75, 3.05) is 17.2 Å². The number of amides is 1. The lowest BCUT2D eigenvalue weighted by Gasteiger charge is -2.18. The van der Waals surface area contributed by atoms with Gasteiger partial charge in [0.2, 0.25) is 0 Å². The van der Waals surface area contributed by atoms with Crippen molar-refractivity contribution in [2.24, 2.45) is 0 Å². The van der Waals surface area contributed by atoms with Crippen molar-refractivity contribution in [1.29, 1.82) is 0 Å². The Labute approximate surface area is 130 Å². The molecule has 2 N–H and O–H groups in total. The Bertz CT molecular complexity index is 790. The monoisotopic (exact) mass is 314 g/mol. The van der Waals surface area contributed by atoms with E-state index in [1.165, 1.54) is 21.4 Å². The topological polar surface area (TPSA) is 41.1 Å². The summed E-state index contributed by atoms with van der Waals surface area (Å²) in [5.41, 5.74) is 3.33. The zero-order valence-corrected chi connectivity index (χ0v) is 12.9. The summed E-state index contributed by atoms with van der Waals surface area (Å²) in [7, 11) is 0. The Kier molecular flexibility index (Phi) is 3.16. The van der Waals surface area contributed by atoms with Crippen LogP contribution in [-0.2, 0) is 6.42 Å². The zero-order valence-electron chi connectivity index (χ0n) is 11.3. The summed E-state index contributed by atoms with van der Waals surface area (Å²) in [6, 6.07) is 10.1. The Morgan fingerprint density at radius 1 is 1.19 bits per heavy atom. The average Bonchev–Trinajstić information content (AvgIpc) is 3.08. The first-order valence-electron chi connectivity index (χ1n) is 6.95. The summed E-state index contributed by atoms with van der Waals surface area (Å²) < 4.78 is 2.36. The minimum absolute atomic E-state index is 0.0286. The van der Waals surface area contributed by atoms with Gasteiger partial charge in [-0.25, -0.2) is 0 Å². The molecular formula is C16H14N2OS2. The van der Waals surface area contributed by atoms with Gasteiger partial charge in [0.25, 0.3) is 5.91 Å². The second-order valence-corrected chi connectivity index (χ2v) is 7.15. The van der Waals surface area contributed by atoms with E-state index in [2.05, 4.69) is 28.1 Å². The number of anilines is 2. The molecule has 0 unspecified atom stereocenters. The molecule has 1 aliphatic heterocycles. The molecule has 3 heterocycles. The molecule has 0 saturated heterocycles. The second-order valence-electron chi connectivity index (χ2n) is 5.12. The maximum atomic E-state index is 12.3. The predicted molar refractivity (Wildman–Crippen MR) is 90.9 cm³/mol. The normalized spacial score (nSPS) is 13.7. The summed E-state index contributed by atoms with van der Waals surface area (Å²) in [5, 5.41) is 8.44. The standard InChI is InChI=1S/C16H14N2OS2/c19-16(15-9-14-13(21-15)5-7-20-14)18-11-4-3-10-2-1-6-17-12(10)8-11/h3-5,7-9,17H,1-2,6H2,(H,18,19). The van der Waals surface area contributed by atoms with Crippen LogP contribution in [0, 0.1) is 0 Å². The van der Waals surface area contributed by atoms with Crippen LogP contribution in [0.2, 0.25) is 0 Å². The lowest BCUT2D eigenvalue weighted by molar-refractivity contribution is 0.103. The second kappa shape index (κ2) is 5.16. The third-order valence-corrected chi connectivity index (χ3v) is 5.76. The van der Waals surface area contributed by atoms with E-state index in [4.69, 9.17) is 0 Å². The molecular weight excluding hydrogens is 300 g/mol. The number of thiophene rings is 2. The quantitative estimate of drug-likeness (QED) is 0.727. The van der Waals surface area contributed by atoms with E-state index in [1.54, 1.807) is 22.7 Å². The maximum Gasteiger partial charge on any atom is 0.265 e. The van der Waals surface area contributed by atoms with Gasteiger partial charge in [-0.3, -0.25) is 4.79 Å². The average molecular weight is 314 g/mol. The molecule has 0 aliphatic carbocycles. The molecule has 0 atom stereocenters. The van der Waals surface area contributed by atoms with Crippen molar-refractivity contribution >= 4 is 49.4 Å². The molecule has 3 aromatic rings. The van der Waals surface area contributed by atoms with E-state index in [9.17, 15) is 4.79 Å². The third kappa shape index (κ3) is 2.43. The van der Waals surface area contributed by atoms with Crippen molar-refractivity contribution in [2.45, 2.75) is 12.8 Å². The Balaban J connectivity index is 1.57. The minimum Gasteiger partial charge on any atom is -0.385 e. The molecule has 1 aromatic carbocycles. The maximum absolute atomic E-state index is 12.3. The molecule has 0 bridgehead atoms. The van der Waals surface area contributed by atoms with Gasteiger partial charge in [-0.2, -0.15) is 0 Å². The molecule has 0 fully saturated rings. The van der Waals surface area contributed by atoms with E-state index in [0.717, 1.165) is 29.2 Å². The molecule has 0 saturated carbocycles. The number of benzene rings is 1. The zero-order chi connectivity index (χ0) is 14.2. The number of aryl methyl sites for hydroxylation is 1. The van der Waals surface area contributed by atoms with Crippen molar-refractivity contribution in [3.8, 4) is 0 Å². The van der Waals surface area contributed by atoms with Gasteiger partial charge >= 0.3 is 0 Å². The first kappa shape index (κ1) is 12.9. The van der Waals surface area contributed by atoms with Crippen LogP contribution in [0.3, 0.4) is 0 Å². The van der Waals surface area contributed by atoms with E-state index in [0.29, 0.717) is 0 Å². The molecule has 106 valence electrons. The smallest absolute Gasteiger partial charge is 0.265 e. The lowest BCUT2D eigenvalue weighted by atomic mass is 10.0. The number of hydrogen-bond donors (Lipinski definition) is 2. The van der Waals surface area contributed by atoms with Crippen LogP contribution < -0.4 is 10.6 Å². The molecule has 0 radical (unpaired) electrons. The Hall–Kier alpha value is -1.85. The van der Waals surface area contributed by atoms with Crippen molar-refractivity contribution in [3.63, 3.8) is 0 Å². The molecule has 21 heavy (non-hydrogen) atoms. The van der Waals surface area contributed by atoms with Crippen molar-refractivity contribution < 1.29 is 4.79 Å². The summed E-state index contributed by atoms with van der Waals surface area (Å²) in [5.74, 6) is -0.0286. The van der Waals surface area contributed by atoms with Crippen molar-refractivity contribution in [3.05, 3.63) is 46.2 Å². The summed E-state index contributed by atoms with van der Waals surface area (Å²) in [6.45, 7) is 1.01. The fraction of sp³-hybridized carbons (Fsp3) is 0.188. The highest BCUT2D eigenvalue weighted by molar-refractivity contribution is 7.27. The number of carbonyl (C=O) groups excluding carboxylic acids is 1. The molecule has 1 aliphatic rings. The fourth-order valence-corrected chi connectivity index (χ4v) is 4.61. The van der Waals surface area contributed by atoms with Gasteiger partial charge in [-0.1, -0.05) is 6.07 Å². The number of fused-ring (bicyclic) bond motifs is 2. The van der Waals surface area contributed by atoms with Crippen molar-refractivity contribution in [1.82, 2.24) is 0 Å². The van der Waals surface area contributed by atoms with Crippen LogP contribution in [0.1, 0.15) is 21.7 Å². The van der Waals surface area contributed by atoms with Crippen LogP contribution in [0.25, 0.3) is 9.40 Å². The number of rotatable bonds is 2. The summed E-state index contributed by atoms with van der Waals surface area (Å²) in [6.07, 6.45) is 2.28. The highest BCUT2D eigenvalue weighted by Gasteiger charge is 2.13. The molecule has 2 aromatic heterocycles. The Morgan fingerprint density at radius 2 is 2.14 bits per heavy atom. The largest absolute Gasteiger partial charge is 0.385 e. The van der Waals surface area contributed by atoms with Gasteiger partial charge in [-0.15, -0.1) is 22.7 Å². The first-order chi connectivity index (χ1) is 10.3. The molecule has 0 spiro atoms. The highest BCUT2D eigenvalue weighted by Crippen LogP contribution is 2.31. The number of carbonyl (C=O) groups is 1. The molecule has 1 amide bonds. The van der Waals surface area contributed by atoms with Crippen LogP contribution in [0.4, 0.5) is 11.4 Å². The van der Waals surface area contributed by atoms with Gasteiger partial charge in [0, 0.05) is 27.3 Å². The summed E-state index contributed by atoms with van der Waals surface area (Å²) in [4.78, 5) is 13.1. The van der Waals surface area contributed by atoms with Crippen LogP contribution in [0.15, 0.2) is 35.7 Å². The minimum atomic E-state index is -0.0286. The number of hydrogen-bond acceptors (Lipinski definition) is 4. The lowest BCUT2D eigenvalue weighted by Crippen LogP contribution is -2.14. The molecule has 5 heteroatoms. The Morgan fingerprint density at radius 3 is 3.05 bits per heavy atom. The van der Waals surface area contributed by atoms with Crippen LogP contribution in [0.5, 0.6) is 0 Å². The van der Waals surface area contributed by atoms with Gasteiger partial charge in [0.15, 0.2) is 0 Å². The van der Waals surface area contributed by atoms with Gasteiger partial charge < -0.3 is 10.6 Å².